The molecule has 0 N–H and O–H groups in total. The van der Waals surface area contributed by atoms with Crippen LogP contribution < -0.4 is 0 Å². The van der Waals surface area contributed by atoms with E-state index in [9.17, 15) is 0 Å². The van der Waals surface area contributed by atoms with Crippen LogP contribution in [0, 0.1) is 0 Å². The minimum Gasteiger partial charge on any atom is -0.302 e. The zero-order valence-corrected chi connectivity index (χ0v) is 7.32. The van der Waals surface area contributed by atoms with Crippen LogP contribution >= 0.6 is 11.3 Å². The molecular formula is C8H13NS. The molecule has 0 aliphatic rings. The summed E-state index contributed by atoms with van der Waals surface area (Å²) in [6, 6.07) is 2.18. The maximum Gasteiger partial charge on any atom is 0.0238 e. The Balaban J connectivity index is 2.40. The monoisotopic (exact) mass is 155 g/mol. The van der Waals surface area contributed by atoms with Gasteiger partial charge in [0.15, 0.2) is 0 Å². The lowest BCUT2D eigenvalue weighted by atomic mass is 10.3. The highest BCUT2D eigenvalue weighted by Crippen LogP contribution is 2.07. The van der Waals surface area contributed by atoms with Crippen molar-refractivity contribution in [2.24, 2.45) is 0 Å². The maximum atomic E-state index is 2.29. The molecule has 0 saturated heterocycles. The van der Waals surface area contributed by atoms with Gasteiger partial charge in [0.25, 0.3) is 0 Å². The molecule has 0 fully saturated rings. The molecule has 0 aliphatic carbocycles. The standard InChI is InChI=1S/C8H13NS/c1-3-9(2)6-8-4-5-10-7-8/h4-5,7H,3,6H2,1-2H3. The minimum absolute atomic E-state index is 1.08. The quantitative estimate of drug-likeness (QED) is 0.647. The van der Waals surface area contributed by atoms with E-state index >= 15 is 0 Å². The second kappa shape index (κ2) is 3.74. The van der Waals surface area contributed by atoms with E-state index in [2.05, 4.69) is 35.7 Å². The summed E-state index contributed by atoms with van der Waals surface area (Å²) in [5.74, 6) is 0. The van der Waals surface area contributed by atoms with Crippen molar-refractivity contribution in [2.75, 3.05) is 13.6 Å². The molecule has 56 valence electrons. The van der Waals surface area contributed by atoms with Crippen LogP contribution in [-0.4, -0.2) is 18.5 Å². The Morgan fingerprint density at radius 1 is 1.60 bits per heavy atom. The topological polar surface area (TPSA) is 3.24 Å². The lowest BCUT2D eigenvalue weighted by molar-refractivity contribution is 0.346. The van der Waals surface area contributed by atoms with Crippen molar-refractivity contribution in [3.05, 3.63) is 22.4 Å². The van der Waals surface area contributed by atoms with Crippen molar-refractivity contribution < 1.29 is 0 Å². The molecule has 0 aliphatic heterocycles. The molecule has 0 bridgehead atoms. The average Bonchev–Trinajstić information content (AvgIpc) is 2.40. The molecule has 1 rings (SSSR count). The highest BCUT2D eigenvalue weighted by Gasteiger charge is 1.95. The molecule has 0 atom stereocenters. The number of rotatable bonds is 3. The highest BCUT2D eigenvalue weighted by molar-refractivity contribution is 7.07. The summed E-state index contributed by atoms with van der Waals surface area (Å²) >= 11 is 1.77. The van der Waals surface area contributed by atoms with Crippen molar-refractivity contribution in [1.82, 2.24) is 4.90 Å². The predicted octanol–water partition coefficient (Wildman–Crippen LogP) is 2.20. The van der Waals surface area contributed by atoms with Gasteiger partial charge in [-0.3, -0.25) is 0 Å². The van der Waals surface area contributed by atoms with E-state index in [-0.39, 0.29) is 0 Å². The maximum absolute atomic E-state index is 2.29. The van der Waals surface area contributed by atoms with E-state index in [4.69, 9.17) is 0 Å². The molecule has 1 heterocycles. The average molecular weight is 155 g/mol. The molecule has 0 amide bonds. The van der Waals surface area contributed by atoms with Gasteiger partial charge in [0.2, 0.25) is 0 Å². The van der Waals surface area contributed by atoms with Crippen LogP contribution in [0.2, 0.25) is 0 Å². The van der Waals surface area contributed by atoms with Gasteiger partial charge in [-0.15, -0.1) is 0 Å². The van der Waals surface area contributed by atoms with E-state index in [0.29, 0.717) is 0 Å². The minimum atomic E-state index is 1.08. The van der Waals surface area contributed by atoms with Gasteiger partial charge in [-0.25, -0.2) is 0 Å². The first-order valence-corrected chi connectivity index (χ1v) is 4.47. The zero-order chi connectivity index (χ0) is 7.40. The SMILES string of the molecule is CCN(C)Cc1ccsc1. The van der Waals surface area contributed by atoms with Gasteiger partial charge in [0.05, 0.1) is 0 Å². The van der Waals surface area contributed by atoms with Gasteiger partial charge in [-0.05, 0) is 36.0 Å². The molecule has 0 spiro atoms. The summed E-state index contributed by atoms with van der Waals surface area (Å²) < 4.78 is 0. The number of nitrogens with zero attached hydrogens (tertiary/aromatic N) is 1. The summed E-state index contributed by atoms with van der Waals surface area (Å²) in [6.07, 6.45) is 0. The van der Waals surface area contributed by atoms with Crippen LogP contribution in [0.15, 0.2) is 16.8 Å². The molecule has 1 nitrogen and oxygen atoms in total. The van der Waals surface area contributed by atoms with Crippen LogP contribution in [0.25, 0.3) is 0 Å². The van der Waals surface area contributed by atoms with Crippen molar-refractivity contribution in [1.29, 1.82) is 0 Å². The zero-order valence-electron chi connectivity index (χ0n) is 6.50. The fourth-order valence-corrected chi connectivity index (χ4v) is 1.47. The molecule has 1 aromatic heterocycles. The van der Waals surface area contributed by atoms with Gasteiger partial charge in [0, 0.05) is 6.54 Å². The molecule has 0 aromatic carbocycles. The van der Waals surface area contributed by atoms with Crippen molar-refractivity contribution in [2.45, 2.75) is 13.5 Å². The first-order valence-electron chi connectivity index (χ1n) is 3.52. The second-order valence-corrected chi connectivity index (χ2v) is 3.24. The third kappa shape index (κ3) is 2.12. The van der Waals surface area contributed by atoms with Crippen LogP contribution in [-0.2, 0) is 6.54 Å². The van der Waals surface area contributed by atoms with Gasteiger partial charge >= 0.3 is 0 Å². The Bertz CT molecular complexity index is 169. The molecular weight excluding hydrogens is 142 g/mol. The lowest BCUT2D eigenvalue weighted by Gasteiger charge is -2.11. The summed E-state index contributed by atoms with van der Waals surface area (Å²) in [6.45, 7) is 4.38. The van der Waals surface area contributed by atoms with Crippen LogP contribution in [0.5, 0.6) is 0 Å². The highest BCUT2D eigenvalue weighted by atomic mass is 32.1. The van der Waals surface area contributed by atoms with Gasteiger partial charge in [0.1, 0.15) is 0 Å². The Labute approximate surface area is 66.3 Å². The Hall–Kier alpha value is -0.340. The fraction of sp³-hybridized carbons (Fsp3) is 0.500. The lowest BCUT2D eigenvalue weighted by Crippen LogP contribution is -2.15. The molecule has 1 aromatic rings. The molecule has 2 heteroatoms. The summed E-state index contributed by atoms with van der Waals surface area (Å²) in [5, 5.41) is 4.32. The van der Waals surface area contributed by atoms with E-state index in [1.54, 1.807) is 11.3 Å². The van der Waals surface area contributed by atoms with Crippen molar-refractivity contribution in [3.8, 4) is 0 Å². The number of hydrogen-bond acceptors (Lipinski definition) is 2. The molecule has 0 radical (unpaired) electrons. The second-order valence-electron chi connectivity index (χ2n) is 2.46. The van der Waals surface area contributed by atoms with E-state index in [1.807, 2.05) is 0 Å². The van der Waals surface area contributed by atoms with E-state index in [1.165, 1.54) is 5.56 Å². The van der Waals surface area contributed by atoms with Crippen LogP contribution in [0.4, 0.5) is 0 Å². The normalized spacial score (nSPS) is 10.7. The van der Waals surface area contributed by atoms with Crippen LogP contribution in [0.1, 0.15) is 12.5 Å². The third-order valence-corrected chi connectivity index (χ3v) is 2.30. The summed E-state index contributed by atoms with van der Waals surface area (Å²) in [7, 11) is 2.14. The molecule has 10 heavy (non-hydrogen) atoms. The van der Waals surface area contributed by atoms with Crippen molar-refractivity contribution >= 4 is 11.3 Å². The molecule has 0 unspecified atom stereocenters. The third-order valence-electron chi connectivity index (χ3n) is 1.57. The molecule has 0 saturated carbocycles. The number of hydrogen-bond donors (Lipinski definition) is 0. The first kappa shape index (κ1) is 7.76. The van der Waals surface area contributed by atoms with E-state index in [0.717, 1.165) is 13.1 Å². The summed E-state index contributed by atoms with van der Waals surface area (Å²) in [5.41, 5.74) is 1.43. The Kier molecular flexibility index (Phi) is 2.90. The van der Waals surface area contributed by atoms with Gasteiger partial charge in [-0.2, -0.15) is 11.3 Å². The van der Waals surface area contributed by atoms with Gasteiger partial charge in [-0.1, -0.05) is 6.92 Å². The Morgan fingerprint density at radius 3 is 2.90 bits per heavy atom. The fourth-order valence-electron chi connectivity index (χ4n) is 0.806. The number of thiophene rings is 1. The van der Waals surface area contributed by atoms with Crippen molar-refractivity contribution in [3.63, 3.8) is 0 Å². The predicted molar refractivity (Wildman–Crippen MR) is 46.3 cm³/mol. The first-order chi connectivity index (χ1) is 4.83. The summed E-state index contributed by atoms with van der Waals surface area (Å²) in [4.78, 5) is 2.29. The smallest absolute Gasteiger partial charge is 0.0238 e. The van der Waals surface area contributed by atoms with Crippen LogP contribution in [0.3, 0.4) is 0 Å². The Morgan fingerprint density at radius 2 is 2.40 bits per heavy atom. The van der Waals surface area contributed by atoms with E-state index < -0.39 is 0 Å². The largest absolute Gasteiger partial charge is 0.302 e. The van der Waals surface area contributed by atoms with Gasteiger partial charge < -0.3 is 4.90 Å².